The van der Waals surface area contributed by atoms with E-state index in [0.29, 0.717) is 22.8 Å². The lowest BCUT2D eigenvalue weighted by molar-refractivity contribution is 0.262. The summed E-state index contributed by atoms with van der Waals surface area (Å²) in [5.41, 5.74) is 1.84. The molecule has 0 aliphatic rings. The predicted molar refractivity (Wildman–Crippen MR) is 84.2 cm³/mol. The fourth-order valence-electron chi connectivity index (χ4n) is 1.82. The zero-order valence-corrected chi connectivity index (χ0v) is 12.7. The van der Waals surface area contributed by atoms with Gasteiger partial charge < -0.3 is 10.6 Å². The molecule has 0 saturated carbocycles. The molecule has 1 aromatic carbocycles. The number of hydrogen-bond donors (Lipinski definition) is 3. The monoisotopic (exact) mass is 359 g/mol. The molecule has 8 nitrogen and oxygen atoms in total. The Hall–Kier alpha value is -2.81. The van der Waals surface area contributed by atoms with Gasteiger partial charge in [0.2, 0.25) is 0 Å². The molecule has 0 unspecified atom stereocenters. The number of pyridine rings is 1. The number of H-pyrrole nitrogens is 1. The van der Waals surface area contributed by atoms with Crippen LogP contribution in [-0.2, 0) is 0 Å². The van der Waals surface area contributed by atoms with Crippen LogP contribution in [0.15, 0.2) is 47.2 Å². The average molecular weight is 360 g/mol. The van der Waals surface area contributed by atoms with Gasteiger partial charge >= 0.3 is 6.03 Å². The van der Waals surface area contributed by atoms with Crippen molar-refractivity contribution in [3.8, 4) is 11.4 Å². The summed E-state index contributed by atoms with van der Waals surface area (Å²) in [6.07, 6.45) is 3.19. The molecule has 2 aromatic heterocycles. The van der Waals surface area contributed by atoms with Crippen LogP contribution in [0.1, 0.15) is 0 Å². The van der Waals surface area contributed by atoms with Crippen molar-refractivity contribution in [2.75, 3.05) is 10.6 Å². The summed E-state index contributed by atoms with van der Waals surface area (Å²) in [5, 5.41) is 19.1. The number of aromatic nitrogens is 5. The molecule has 0 bridgehead atoms. The molecule has 2 heterocycles. The molecule has 110 valence electrons. The molecule has 0 atom stereocenters. The maximum atomic E-state index is 12.1. The van der Waals surface area contributed by atoms with Gasteiger partial charge in [-0.25, -0.2) is 9.89 Å². The largest absolute Gasteiger partial charge is 0.323 e. The number of carbonyl (C=O) groups excluding carboxylic acids is 1. The number of rotatable bonds is 3. The minimum absolute atomic E-state index is 0.385. The van der Waals surface area contributed by atoms with Crippen molar-refractivity contribution in [3.63, 3.8) is 0 Å². The van der Waals surface area contributed by atoms with Gasteiger partial charge in [-0.2, -0.15) is 0 Å². The van der Waals surface area contributed by atoms with Crippen LogP contribution in [0.5, 0.6) is 0 Å². The standard InChI is InChI=1S/C13H10BrN7O/c14-8-3-4-11(10(6-8)12-18-20-21-19-12)17-13(22)16-9-2-1-5-15-7-9/h1-7H,(H2,16,17,22)(H,18,19,20,21). The third-order valence-electron chi connectivity index (χ3n) is 2.75. The van der Waals surface area contributed by atoms with E-state index in [4.69, 9.17) is 0 Å². The Balaban J connectivity index is 1.82. The number of anilines is 2. The molecule has 22 heavy (non-hydrogen) atoms. The zero-order chi connectivity index (χ0) is 15.4. The maximum Gasteiger partial charge on any atom is 0.323 e. The Morgan fingerprint density at radius 3 is 2.86 bits per heavy atom. The molecule has 0 saturated heterocycles. The van der Waals surface area contributed by atoms with E-state index in [1.54, 1.807) is 30.6 Å². The molecular weight excluding hydrogens is 350 g/mol. The summed E-state index contributed by atoms with van der Waals surface area (Å²) in [4.78, 5) is 16.0. The number of hydrogen-bond acceptors (Lipinski definition) is 5. The number of benzene rings is 1. The van der Waals surface area contributed by atoms with E-state index < -0.39 is 0 Å². The van der Waals surface area contributed by atoms with Crippen LogP contribution in [0.3, 0.4) is 0 Å². The first-order chi connectivity index (χ1) is 10.7. The third kappa shape index (κ3) is 3.26. The number of urea groups is 1. The number of halogens is 1. The smallest absolute Gasteiger partial charge is 0.307 e. The molecule has 0 spiro atoms. The van der Waals surface area contributed by atoms with Crippen LogP contribution < -0.4 is 10.6 Å². The van der Waals surface area contributed by atoms with Crippen molar-refractivity contribution < 1.29 is 4.79 Å². The fraction of sp³-hybridized carbons (Fsp3) is 0. The van der Waals surface area contributed by atoms with Crippen LogP contribution in [0.25, 0.3) is 11.4 Å². The van der Waals surface area contributed by atoms with Gasteiger partial charge in [-0.05, 0) is 40.8 Å². The zero-order valence-electron chi connectivity index (χ0n) is 11.1. The van der Waals surface area contributed by atoms with E-state index in [1.165, 1.54) is 0 Å². The van der Waals surface area contributed by atoms with Crippen molar-refractivity contribution in [3.05, 3.63) is 47.2 Å². The molecular formula is C13H10BrN7O. The SMILES string of the molecule is O=C(Nc1cccnc1)Nc1ccc(Br)cc1-c1nnn[nH]1. The normalized spacial score (nSPS) is 10.2. The minimum atomic E-state index is -0.385. The third-order valence-corrected chi connectivity index (χ3v) is 3.24. The second kappa shape index (κ2) is 6.31. The Labute approximate surface area is 133 Å². The summed E-state index contributed by atoms with van der Waals surface area (Å²) >= 11 is 3.38. The number of carbonyl (C=O) groups is 1. The molecule has 3 rings (SSSR count). The summed E-state index contributed by atoms with van der Waals surface area (Å²) in [6, 6.07) is 8.47. The summed E-state index contributed by atoms with van der Waals surface area (Å²) in [7, 11) is 0. The maximum absolute atomic E-state index is 12.1. The molecule has 2 amide bonds. The van der Waals surface area contributed by atoms with E-state index in [9.17, 15) is 4.79 Å². The average Bonchev–Trinajstić information content (AvgIpc) is 3.04. The van der Waals surface area contributed by atoms with Gasteiger partial charge in [0.05, 0.1) is 17.6 Å². The number of nitrogens with zero attached hydrogens (tertiary/aromatic N) is 4. The second-order valence-electron chi connectivity index (χ2n) is 4.26. The van der Waals surface area contributed by atoms with Crippen LogP contribution in [0.2, 0.25) is 0 Å². The second-order valence-corrected chi connectivity index (χ2v) is 5.18. The molecule has 3 aromatic rings. The summed E-state index contributed by atoms with van der Waals surface area (Å²) in [5.74, 6) is 0.456. The van der Waals surface area contributed by atoms with Crippen LogP contribution in [-0.4, -0.2) is 31.6 Å². The Bertz CT molecular complexity index is 776. The van der Waals surface area contributed by atoms with Crippen LogP contribution >= 0.6 is 15.9 Å². The van der Waals surface area contributed by atoms with Crippen LogP contribution in [0.4, 0.5) is 16.2 Å². The molecule has 0 aliphatic carbocycles. The lowest BCUT2D eigenvalue weighted by Crippen LogP contribution is -2.20. The van der Waals surface area contributed by atoms with E-state index >= 15 is 0 Å². The Morgan fingerprint density at radius 1 is 1.23 bits per heavy atom. The Morgan fingerprint density at radius 2 is 2.14 bits per heavy atom. The molecule has 0 radical (unpaired) electrons. The van der Waals surface area contributed by atoms with E-state index in [2.05, 4.69) is 52.2 Å². The molecule has 9 heteroatoms. The van der Waals surface area contributed by atoms with Gasteiger partial charge in [0.25, 0.3) is 0 Å². The van der Waals surface area contributed by atoms with Gasteiger partial charge in [0.15, 0.2) is 5.82 Å². The number of aromatic amines is 1. The van der Waals surface area contributed by atoms with Crippen molar-refractivity contribution in [2.45, 2.75) is 0 Å². The first-order valence-corrected chi connectivity index (χ1v) is 7.03. The molecule has 0 fully saturated rings. The van der Waals surface area contributed by atoms with E-state index in [1.807, 2.05) is 12.1 Å². The van der Waals surface area contributed by atoms with Crippen molar-refractivity contribution in [1.29, 1.82) is 0 Å². The molecule has 3 N–H and O–H groups in total. The highest BCUT2D eigenvalue weighted by Crippen LogP contribution is 2.28. The van der Waals surface area contributed by atoms with Gasteiger partial charge in [-0.3, -0.25) is 4.98 Å². The molecule has 0 aliphatic heterocycles. The van der Waals surface area contributed by atoms with Crippen molar-refractivity contribution >= 4 is 33.3 Å². The minimum Gasteiger partial charge on any atom is -0.307 e. The lowest BCUT2D eigenvalue weighted by atomic mass is 10.1. The predicted octanol–water partition coefficient (Wildman–Crippen LogP) is 2.67. The topological polar surface area (TPSA) is 108 Å². The van der Waals surface area contributed by atoms with Gasteiger partial charge in [-0.15, -0.1) is 5.10 Å². The fourth-order valence-corrected chi connectivity index (χ4v) is 2.18. The summed E-state index contributed by atoms with van der Waals surface area (Å²) in [6.45, 7) is 0. The highest BCUT2D eigenvalue weighted by atomic mass is 79.9. The quantitative estimate of drug-likeness (QED) is 0.665. The first-order valence-electron chi connectivity index (χ1n) is 6.24. The summed E-state index contributed by atoms with van der Waals surface area (Å²) < 4.78 is 0.845. The number of amides is 2. The Kier molecular flexibility index (Phi) is 4.05. The van der Waals surface area contributed by atoms with E-state index in [0.717, 1.165) is 4.47 Å². The lowest BCUT2D eigenvalue weighted by Gasteiger charge is -2.10. The van der Waals surface area contributed by atoms with Gasteiger partial charge in [0, 0.05) is 16.2 Å². The van der Waals surface area contributed by atoms with Crippen LogP contribution in [0, 0.1) is 0 Å². The number of tetrazole rings is 1. The number of nitrogens with one attached hydrogen (secondary N) is 3. The van der Waals surface area contributed by atoms with Crippen molar-refractivity contribution in [1.82, 2.24) is 25.6 Å². The van der Waals surface area contributed by atoms with Crippen molar-refractivity contribution in [2.24, 2.45) is 0 Å². The highest BCUT2D eigenvalue weighted by molar-refractivity contribution is 9.10. The van der Waals surface area contributed by atoms with Gasteiger partial charge in [-0.1, -0.05) is 15.9 Å². The van der Waals surface area contributed by atoms with E-state index in [-0.39, 0.29) is 6.03 Å². The first kappa shape index (κ1) is 14.1. The van der Waals surface area contributed by atoms with Gasteiger partial charge in [0.1, 0.15) is 0 Å². The highest BCUT2D eigenvalue weighted by Gasteiger charge is 2.12.